The molecule has 0 saturated carbocycles. The van der Waals surface area contributed by atoms with Crippen molar-refractivity contribution < 1.29 is 19.4 Å². The van der Waals surface area contributed by atoms with E-state index < -0.39 is 12.6 Å². The van der Waals surface area contributed by atoms with E-state index in [2.05, 4.69) is 10.3 Å². The van der Waals surface area contributed by atoms with E-state index in [0.717, 1.165) is 11.3 Å². The average Bonchev–Trinajstić information content (AvgIpc) is 2.95. The zero-order valence-corrected chi connectivity index (χ0v) is 15.8. The number of carbonyl (C=O) groups is 2. The summed E-state index contributed by atoms with van der Waals surface area (Å²) >= 11 is 7.35. The van der Waals surface area contributed by atoms with Gasteiger partial charge in [0.2, 0.25) is 0 Å². The third-order valence-electron chi connectivity index (χ3n) is 3.59. The number of amides is 1. The minimum Gasteiger partial charge on any atom is -0.480 e. The minimum absolute atomic E-state index is 0.241. The Morgan fingerprint density at radius 3 is 2.81 bits per heavy atom. The molecule has 1 heterocycles. The molecule has 0 spiro atoms. The fraction of sp³-hybridized carbons (Fsp3) is 0.105. The Morgan fingerprint density at radius 2 is 2.11 bits per heavy atom. The monoisotopic (exact) mass is 402 g/mol. The number of thioether (sulfide) groups is 1. The second kappa shape index (κ2) is 8.28. The first-order valence-corrected chi connectivity index (χ1v) is 9.11. The second-order valence-electron chi connectivity index (χ2n) is 5.64. The molecule has 1 aliphatic heterocycles. The number of halogens is 1. The van der Waals surface area contributed by atoms with E-state index in [1.807, 2.05) is 31.2 Å². The molecule has 1 saturated heterocycles. The number of nitrogens with one attached hydrogen (secondary N) is 1. The normalized spacial score (nSPS) is 16.6. The van der Waals surface area contributed by atoms with E-state index in [0.29, 0.717) is 15.6 Å². The summed E-state index contributed by atoms with van der Waals surface area (Å²) in [7, 11) is 0. The van der Waals surface area contributed by atoms with Crippen LogP contribution in [0.4, 0.5) is 5.69 Å². The first-order chi connectivity index (χ1) is 12.9. The van der Waals surface area contributed by atoms with E-state index >= 15 is 0 Å². The lowest BCUT2D eigenvalue weighted by atomic mass is 10.2. The number of hydrogen-bond acceptors (Lipinski definition) is 5. The number of hydrogen-bond donors (Lipinski definition) is 2. The van der Waals surface area contributed by atoms with Crippen LogP contribution in [-0.2, 0) is 9.59 Å². The van der Waals surface area contributed by atoms with Gasteiger partial charge >= 0.3 is 5.97 Å². The number of rotatable bonds is 5. The summed E-state index contributed by atoms with van der Waals surface area (Å²) in [5.41, 5.74) is 2.50. The van der Waals surface area contributed by atoms with Gasteiger partial charge in [0.1, 0.15) is 5.75 Å². The number of benzene rings is 2. The summed E-state index contributed by atoms with van der Waals surface area (Å²) in [5.74, 6) is -1.06. The van der Waals surface area contributed by atoms with Crippen LogP contribution in [0.5, 0.6) is 5.75 Å². The smallest absolute Gasteiger partial charge is 0.341 e. The molecule has 27 heavy (non-hydrogen) atoms. The van der Waals surface area contributed by atoms with Crippen molar-refractivity contribution in [3.05, 3.63) is 63.5 Å². The quantitative estimate of drug-likeness (QED) is 0.738. The highest BCUT2D eigenvalue weighted by Crippen LogP contribution is 2.31. The summed E-state index contributed by atoms with van der Waals surface area (Å²) in [5, 5.41) is 12.2. The average molecular weight is 403 g/mol. The zero-order valence-electron chi connectivity index (χ0n) is 14.2. The molecule has 0 atom stereocenters. The number of ether oxygens (including phenoxy) is 1. The molecule has 2 N–H and O–H groups in total. The maximum Gasteiger partial charge on any atom is 0.341 e. The fourth-order valence-corrected chi connectivity index (χ4v) is 3.37. The van der Waals surface area contributed by atoms with Crippen LogP contribution in [0.3, 0.4) is 0 Å². The molecule has 6 nitrogen and oxygen atoms in total. The van der Waals surface area contributed by atoms with Crippen molar-refractivity contribution in [2.75, 3.05) is 6.61 Å². The molecule has 0 bridgehead atoms. The Bertz CT molecular complexity index is 972. The molecular formula is C19H15ClN2O4S. The number of carboxylic acid groups (broad SMARTS) is 1. The van der Waals surface area contributed by atoms with Crippen molar-refractivity contribution in [3.8, 4) is 5.75 Å². The van der Waals surface area contributed by atoms with Crippen LogP contribution in [0.1, 0.15) is 11.1 Å². The van der Waals surface area contributed by atoms with Crippen LogP contribution in [0.2, 0.25) is 5.02 Å². The van der Waals surface area contributed by atoms with Gasteiger partial charge in [0.05, 0.1) is 15.6 Å². The molecule has 1 amide bonds. The van der Waals surface area contributed by atoms with Crippen LogP contribution in [0.25, 0.3) is 6.08 Å². The standard InChI is InChI=1S/C19H15ClN2O4S/c1-11-4-2-3-5-14(11)21-19-22-18(25)16(27-19)9-12-6-7-15(13(20)8-12)26-10-17(23)24/h2-9H,10H2,1H3,(H,23,24)(H,21,22,25)/b16-9-. The maximum atomic E-state index is 12.2. The molecule has 1 aliphatic rings. The van der Waals surface area contributed by atoms with Gasteiger partial charge in [-0.1, -0.05) is 35.9 Å². The number of aliphatic carboxylic acids is 1. The van der Waals surface area contributed by atoms with Crippen molar-refractivity contribution >= 4 is 52.2 Å². The summed E-state index contributed by atoms with van der Waals surface area (Å²) in [6.45, 7) is 1.48. The van der Waals surface area contributed by atoms with Gasteiger partial charge in [0.25, 0.3) is 5.91 Å². The van der Waals surface area contributed by atoms with Crippen molar-refractivity contribution in [2.24, 2.45) is 4.99 Å². The molecule has 0 aromatic heterocycles. The number of aryl methyl sites for hydroxylation is 1. The molecular weight excluding hydrogens is 388 g/mol. The molecule has 0 radical (unpaired) electrons. The van der Waals surface area contributed by atoms with Crippen LogP contribution in [0.15, 0.2) is 52.4 Å². The Morgan fingerprint density at radius 1 is 1.33 bits per heavy atom. The van der Waals surface area contributed by atoms with Gasteiger partial charge in [0, 0.05) is 0 Å². The van der Waals surface area contributed by atoms with Gasteiger partial charge in [-0.05, 0) is 54.1 Å². The molecule has 3 rings (SSSR count). The van der Waals surface area contributed by atoms with Crippen LogP contribution in [-0.4, -0.2) is 28.8 Å². The SMILES string of the molecule is Cc1ccccc1N=C1NC(=O)/C(=C/c2ccc(OCC(=O)O)c(Cl)c2)S1. The Balaban J connectivity index is 1.77. The lowest BCUT2D eigenvalue weighted by molar-refractivity contribution is -0.139. The first-order valence-electron chi connectivity index (χ1n) is 7.92. The summed E-state index contributed by atoms with van der Waals surface area (Å²) in [4.78, 5) is 27.7. The van der Waals surface area contributed by atoms with Crippen molar-refractivity contribution in [2.45, 2.75) is 6.92 Å². The highest BCUT2D eigenvalue weighted by atomic mass is 35.5. The lowest BCUT2D eigenvalue weighted by Crippen LogP contribution is -2.19. The predicted octanol–water partition coefficient (Wildman–Crippen LogP) is 4.00. The predicted molar refractivity (Wildman–Crippen MR) is 107 cm³/mol. The number of nitrogens with zero attached hydrogens (tertiary/aromatic N) is 1. The molecule has 8 heteroatoms. The molecule has 0 aliphatic carbocycles. The second-order valence-corrected chi connectivity index (χ2v) is 7.08. The number of amidine groups is 1. The molecule has 1 fully saturated rings. The van der Waals surface area contributed by atoms with Crippen LogP contribution < -0.4 is 10.1 Å². The third-order valence-corrected chi connectivity index (χ3v) is 4.80. The van der Waals surface area contributed by atoms with Gasteiger partial charge in [-0.2, -0.15) is 0 Å². The third kappa shape index (κ3) is 4.90. The van der Waals surface area contributed by atoms with Gasteiger partial charge in [-0.15, -0.1) is 0 Å². The molecule has 138 valence electrons. The maximum absolute atomic E-state index is 12.2. The summed E-state index contributed by atoms with van der Waals surface area (Å²) < 4.78 is 5.08. The topological polar surface area (TPSA) is 88.0 Å². The van der Waals surface area contributed by atoms with Crippen molar-refractivity contribution in [3.63, 3.8) is 0 Å². The van der Waals surface area contributed by atoms with E-state index in [9.17, 15) is 9.59 Å². The zero-order chi connectivity index (χ0) is 19.4. The summed E-state index contributed by atoms with van der Waals surface area (Å²) in [6, 6.07) is 12.5. The largest absolute Gasteiger partial charge is 0.480 e. The molecule has 2 aromatic carbocycles. The Labute approximate surface area is 164 Å². The van der Waals surface area contributed by atoms with Crippen molar-refractivity contribution in [1.82, 2.24) is 5.32 Å². The van der Waals surface area contributed by atoms with Gasteiger partial charge < -0.3 is 15.2 Å². The van der Waals surface area contributed by atoms with E-state index in [1.54, 1.807) is 24.3 Å². The van der Waals surface area contributed by atoms with Gasteiger partial charge in [0.15, 0.2) is 11.8 Å². The van der Waals surface area contributed by atoms with Crippen LogP contribution >= 0.6 is 23.4 Å². The Kier molecular flexibility index (Phi) is 5.83. The highest BCUT2D eigenvalue weighted by molar-refractivity contribution is 8.18. The van der Waals surface area contributed by atoms with Crippen LogP contribution in [0, 0.1) is 6.92 Å². The van der Waals surface area contributed by atoms with Crippen molar-refractivity contribution in [1.29, 1.82) is 0 Å². The minimum atomic E-state index is -1.09. The van der Waals surface area contributed by atoms with E-state index in [4.69, 9.17) is 21.4 Å². The number of carbonyl (C=O) groups excluding carboxylic acids is 1. The lowest BCUT2D eigenvalue weighted by Gasteiger charge is -2.06. The number of para-hydroxylation sites is 1. The fourth-order valence-electron chi connectivity index (χ4n) is 2.29. The molecule has 0 unspecified atom stereocenters. The molecule has 2 aromatic rings. The Hall–Kier alpha value is -2.77. The highest BCUT2D eigenvalue weighted by Gasteiger charge is 2.24. The van der Waals surface area contributed by atoms with Gasteiger partial charge in [-0.3, -0.25) is 4.79 Å². The number of carboxylic acids is 1. The summed E-state index contributed by atoms with van der Waals surface area (Å²) in [6.07, 6.45) is 1.69. The first kappa shape index (κ1) is 19.0. The van der Waals surface area contributed by atoms with Gasteiger partial charge in [-0.25, -0.2) is 9.79 Å². The van der Waals surface area contributed by atoms with E-state index in [-0.39, 0.29) is 16.7 Å². The van der Waals surface area contributed by atoms with E-state index in [1.165, 1.54) is 11.8 Å². The number of aliphatic imine (C=N–C) groups is 1.